The molecule has 4 nitrogen and oxygen atoms in total. The molecule has 0 bridgehead atoms. The molecule has 0 atom stereocenters. The summed E-state index contributed by atoms with van der Waals surface area (Å²) < 4.78 is 27.4. The van der Waals surface area contributed by atoms with Crippen molar-refractivity contribution in [1.82, 2.24) is 4.72 Å². The Morgan fingerprint density at radius 3 is 2.67 bits per heavy atom. The Labute approximate surface area is 116 Å². The fraction of sp³-hybridized carbons (Fsp3) is 0.636. The molecule has 102 valence electrons. The smallest absolute Gasteiger partial charge is 0.241 e. The van der Waals surface area contributed by atoms with Gasteiger partial charge in [0.15, 0.2) is 0 Å². The average molecular weight is 306 g/mol. The highest BCUT2D eigenvalue weighted by Gasteiger charge is 2.24. The standard InChI is InChI=1S/C11H18N2O2S3/c1-8-11(6-10(7-12)17-8)18(14,15)13-9-2-4-16-5-3-9/h6,9,13H,2-5,7,12H2,1H3. The first kappa shape index (κ1) is 14.3. The second-order valence-electron chi connectivity index (χ2n) is 4.35. The van der Waals surface area contributed by atoms with Gasteiger partial charge in [0.05, 0.1) is 4.90 Å². The van der Waals surface area contributed by atoms with Crippen LogP contribution in [0.5, 0.6) is 0 Å². The van der Waals surface area contributed by atoms with Crippen molar-refractivity contribution in [2.75, 3.05) is 11.5 Å². The van der Waals surface area contributed by atoms with Crippen molar-refractivity contribution in [3.63, 3.8) is 0 Å². The number of sulfonamides is 1. The highest BCUT2D eigenvalue weighted by Crippen LogP contribution is 2.26. The topological polar surface area (TPSA) is 72.2 Å². The molecule has 0 aromatic carbocycles. The number of aryl methyl sites for hydroxylation is 1. The Hall–Kier alpha value is -0.0800. The fourth-order valence-electron chi connectivity index (χ4n) is 1.99. The maximum absolute atomic E-state index is 12.3. The van der Waals surface area contributed by atoms with Gasteiger partial charge in [-0.2, -0.15) is 11.8 Å². The first-order chi connectivity index (χ1) is 8.53. The lowest BCUT2D eigenvalue weighted by Crippen LogP contribution is -2.37. The molecule has 0 aliphatic carbocycles. The number of nitrogens with one attached hydrogen (secondary N) is 1. The van der Waals surface area contributed by atoms with Gasteiger partial charge in [0.2, 0.25) is 10.0 Å². The minimum absolute atomic E-state index is 0.0804. The van der Waals surface area contributed by atoms with E-state index < -0.39 is 10.0 Å². The summed E-state index contributed by atoms with van der Waals surface area (Å²) in [7, 11) is -3.38. The minimum Gasteiger partial charge on any atom is -0.326 e. The van der Waals surface area contributed by atoms with Crippen molar-refractivity contribution < 1.29 is 8.42 Å². The van der Waals surface area contributed by atoms with Crippen LogP contribution in [0, 0.1) is 6.92 Å². The zero-order valence-electron chi connectivity index (χ0n) is 10.3. The molecule has 2 heterocycles. The Morgan fingerprint density at radius 2 is 2.11 bits per heavy atom. The van der Waals surface area contributed by atoms with Crippen molar-refractivity contribution >= 4 is 33.1 Å². The van der Waals surface area contributed by atoms with Crippen LogP contribution in [-0.2, 0) is 16.6 Å². The van der Waals surface area contributed by atoms with E-state index in [0.717, 1.165) is 34.1 Å². The monoisotopic (exact) mass is 306 g/mol. The molecule has 0 radical (unpaired) electrons. The van der Waals surface area contributed by atoms with Gasteiger partial charge in [-0.05, 0) is 37.3 Å². The Balaban J connectivity index is 2.16. The highest BCUT2D eigenvalue weighted by atomic mass is 32.2. The summed E-state index contributed by atoms with van der Waals surface area (Å²) in [6, 6.07) is 1.77. The molecule has 1 fully saturated rings. The Kier molecular flexibility index (Phi) is 4.71. The van der Waals surface area contributed by atoms with E-state index in [1.165, 1.54) is 11.3 Å². The lowest BCUT2D eigenvalue weighted by atomic mass is 10.2. The zero-order valence-corrected chi connectivity index (χ0v) is 12.8. The molecule has 0 saturated carbocycles. The number of nitrogens with two attached hydrogens (primary N) is 1. The summed E-state index contributed by atoms with van der Waals surface area (Å²) in [5.74, 6) is 2.06. The number of thiophene rings is 1. The average Bonchev–Trinajstić information content (AvgIpc) is 2.72. The van der Waals surface area contributed by atoms with Gasteiger partial charge in [-0.25, -0.2) is 13.1 Å². The molecule has 0 unspecified atom stereocenters. The van der Waals surface area contributed by atoms with Crippen LogP contribution in [0.3, 0.4) is 0 Å². The van der Waals surface area contributed by atoms with Crippen molar-refractivity contribution in [3.8, 4) is 0 Å². The van der Waals surface area contributed by atoms with Crippen LogP contribution >= 0.6 is 23.1 Å². The molecule has 0 spiro atoms. The number of thioether (sulfide) groups is 1. The molecule has 1 aliphatic rings. The number of hydrogen-bond acceptors (Lipinski definition) is 5. The van der Waals surface area contributed by atoms with Gasteiger partial charge in [-0.3, -0.25) is 0 Å². The first-order valence-electron chi connectivity index (χ1n) is 5.92. The third kappa shape index (κ3) is 3.27. The Morgan fingerprint density at radius 1 is 1.44 bits per heavy atom. The van der Waals surface area contributed by atoms with Crippen LogP contribution in [-0.4, -0.2) is 26.0 Å². The third-order valence-corrected chi connectivity index (χ3v) is 6.85. The van der Waals surface area contributed by atoms with Crippen LogP contribution in [0.15, 0.2) is 11.0 Å². The molecule has 7 heteroatoms. The molecule has 3 N–H and O–H groups in total. The normalized spacial score (nSPS) is 18.1. The summed E-state index contributed by atoms with van der Waals surface area (Å²) >= 11 is 3.34. The summed E-state index contributed by atoms with van der Waals surface area (Å²) in [4.78, 5) is 2.12. The van der Waals surface area contributed by atoms with Crippen molar-refractivity contribution in [1.29, 1.82) is 0 Å². The lowest BCUT2D eigenvalue weighted by molar-refractivity contribution is 0.528. The predicted octanol–water partition coefficient (Wildman–Crippen LogP) is 1.69. The van der Waals surface area contributed by atoms with Crippen LogP contribution < -0.4 is 10.5 Å². The maximum atomic E-state index is 12.3. The molecule has 1 saturated heterocycles. The van der Waals surface area contributed by atoms with Crippen molar-refractivity contribution in [2.24, 2.45) is 5.73 Å². The van der Waals surface area contributed by atoms with Crippen LogP contribution in [0.2, 0.25) is 0 Å². The lowest BCUT2D eigenvalue weighted by Gasteiger charge is -2.22. The van der Waals surface area contributed by atoms with E-state index in [4.69, 9.17) is 5.73 Å². The van der Waals surface area contributed by atoms with Gasteiger partial charge in [0.25, 0.3) is 0 Å². The number of rotatable bonds is 4. The largest absolute Gasteiger partial charge is 0.326 e. The maximum Gasteiger partial charge on any atom is 0.241 e. The summed E-state index contributed by atoms with van der Waals surface area (Å²) in [5, 5.41) is 0. The molecule has 18 heavy (non-hydrogen) atoms. The quantitative estimate of drug-likeness (QED) is 0.888. The van der Waals surface area contributed by atoms with E-state index >= 15 is 0 Å². The molecule has 2 rings (SSSR count). The zero-order chi connectivity index (χ0) is 13.2. The van der Waals surface area contributed by atoms with Gasteiger partial charge in [-0.1, -0.05) is 0 Å². The Bertz CT molecular complexity index is 504. The second kappa shape index (κ2) is 5.92. The summed E-state index contributed by atoms with van der Waals surface area (Å²) in [6.45, 7) is 2.22. The van der Waals surface area contributed by atoms with Crippen molar-refractivity contribution in [3.05, 3.63) is 15.8 Å². The molecule has 0 amide bonds. The van der Waals surface area contributed by atoms with E-state index in [1.54, 1.807) is 6.07 Å². The molecule has 1 aromatic heterocycles. The molecular formula is C11H18N2O2S3. The van der Waals surface area contributed by atoms with E-state index in [2.05, 4.69) is 4.72 Å². The van der Waals surface area contributed by atoms with Crippen LogP contribution in [0.25, 0.3) is 0 Å². The van der Waals surface area contributed by atoms with E-state index in [9.17, 15) is 8.42 Å². The van der Waals surface area contributed by atoms with E-state index in [0.29, 0.717) is 11.4 Å². The van der Waals surface area contributed by atoms with Crippen LogP contribution in [0.1, 0.15) is 22.6 Å². The van der Waals surface area contributed by atoms with E-state index in [1.807, 2.05) is 18.7 Å². The SMILES string of the molecule is Cc1sc(CN)cc1S(=O)(=O)NC1CCSCC1. The molecule has 1 aliphatic heterocycles. The predicted molar refractivity (Wildman–Crippen MR) is 77.6 cm³/mol. The van der Waals surface area contributed by atoms with Gasteiger partial charge in [0, 0.05) is 22.3 Å². The third-order valence-electron chi connectivity index (χ3n) is 2.96. The van der Waals surface area contributed by atoms with Gasteiger partial charge in [-0.15, -0.1) is 11.3 Å². The van der Waals surface area contributed by atoms with Gasteiger partial charge >= 0.3 is 0 Å². The molecular weight excluding hydrogens is 288 g/mol. The fourth-order valence-corrected chi connectivity index (χ4v) is 5.92. The van der Waals surface area contributed by atoms with Gasteiger partial charge < -0.3 is 5.73 Å². The minimum atomic E-state index is -3.38. The van der Waals surface area contributed by atoms with E-state index in [-0.39, 0.29) is 6.04 Å². The highest BCUT2D eigenvalue weighted by molar-refractivity contribution is 7.99. The molecule has 1 aromatic rings. The number of hydrogen-bond donors (Lipinski definition) is 2. The summed E-state index contributed by atoms with van der Waals surface area (Å²) in [5.41, 5.74) is 5.55. The van der Waals surface area contributed by atoms with Crippen LogP contribution in [0.4, 0.5) is 0 Å². The van der Waals surface area contributed by atoms with Crippen molar-refractivity contribution in [2.45, 2.75) is 37.2 Å². The van der Waals surface area contributed by atoms with Gasteiger partial charge in [0.1, 0.15) is 0 Å². The summed E-state index contributed by atoms with van der Waals surface area (Å²) in [6.07, 6.45) is 1.83. The first-order valence-corrected chi connectivity index (χ1v) is 9.38. The second-order valence-corrected chi connectivity index (χ2v) is 8.59.